The summed E-state index contributed by atoms with van der Waals surface area (Å²) in [6.45, 7) is 0.641. The van der Waals surface area contributed by atoms with Crippen molar-refractivity contribution in [1.82, 2.24) is 4.90 Å². The first kappa shape index (κ1) is 18.9. The second-order valence-electron chi connectivity index (χ2n) is 7.32. The molecule has 2 amide bonds. The van der Waals surface area contributed by atoms with Crippen LogP contribution in [0.15, 0.2) is 91.0 Å². The number of nitrogens with one attached hydrogen (secondary N) is 1. The van der Waals surface area contributed by atoms with Crippen molar-refractivity contribution in [3.05, 3.63) is 102 Å². The minimum atomic E-state index is -0.306. The van der Waals surface area contributed by atoms with E-state index in [9.17, 15) is 9.59 Å². The van der Waals surface area contributed by atoms with E-state index >= 15 is 0 Å². The van der Waals surface area contributed by atoms with Crippen LogP contribution in [0.2, 0.25) is 0 Å². The van der Waals surface area contributed by atoms with Gasteiger partial charge < -0.3 is 10.2 Å². The van der Waals surface area contributed by atoms with Crippen molar-refractivity contribution in [2.45, 2.75) is 18.9 Å². The molecule has 146 valence electrons. The molecule has 29 heavy (non-hydrogen) atoms. The lowest BCUT2D eigenvalue weighted by Crippen LogP contribution is -2.46. The van der Waals surface area contributed by atoms with E-state index in [-0.39, 0.29) is 23.8 Å². The van der Waals surface area contributed by atoms with Crippen LogP contribution < -0.4 is 5.32 Å². The number of hydrogen-bond donors (Lipinski definition) is 1. The lowest BCUT2D eigenvalue weighted by Gasteiger charge is -2.41. The number of hydrogen-bond acceptors (Lipinski definition) is 2. The smallest absolute Gasteiger partial charge is 0.254 e. The summed E-state index contributed by atoms with van der Waals surface area (Å²) in [4.78, 5) is 28.4. The molecule has 1 heterocycles. The molecule has 1 aliphatic rings. The van der Waals surface area contributed by atoms with Crippen LogP contribution in [0.3, 0.4) is 0 Å². The minimum Gasteiger partial charge on any atom is -0.331 e. The highest BCUT2D eigenvalue weighted by Gasteiger charge is 2.39. The lowest BCUT2D eigenvalue weighted by molar-refractivity contribution is -0.123. The van der Waals surface area contributed by atoms with Crippen molar-refractivity contribution in [1.29, 1.82) is 0 Å². The van der Waals surface area contributed by atoms with E-state index in [0.717, 1.165) is 24.1 Å². The van der Waals surface area contributed by atoms with Crippen molar-refractivity contribution in [3.8, 4) is 0 Å². The summed E-state index contributed by atoms with van der Waals surface area (Å²) in [5, 5.41) is 3.03. The number of rotatable bonds is 4. The third kappa shape index (κ3) is 4.21. The van der Waals surface area contributed by atoms with Gasteiger partial charge in [0, 0.05) is 17.8 Å². The fourth-order valence-corrected chi connectivity index (χ4v) is 4.06. The Labute approximate surface area is 171 Å². The van der Waals surface area contributed by atoms with Gasteiger partial charge in [0.25, 0.3) is 5.91 Å². The Balaban J connectivity index is 1.66. The highest BCUT2D eigenvalue weighted by molar-refractivity contribution is 5.97. The van der Waals surface area contributed by atoms with Crippen molar-refractivity contribution in [3.63, 3.8) is 0 Å². The Bertz CT molecular complexity index is 958. The molecule has 1 unspecified atom stereocenters. The number of benzene rings is 3. The molecule has 3 aromatic rings. The Kier molecular flexibility index (Phi) is 5.71. The topological polar surface area (TPSA) is 49.4 Å². The fourth-order valence-electron chi connectivity index (χ4n) is 4.06. The predicted octanol–water partition coefficient (Wildman–Crippen LogP) is 4.92. The SMILES string of the molecule is O=C(Nc1ccccc1)C1CCCN(C(=O)c2ccccc2)[C@H]1c1ccccc1. The Morgan fingerprint density at radius 2 is 1.38 bits per heavy atom. The Morgan fingerprint density at radius 1 is 0.793 bits per heavy atom. The van der Waals surface area contributed by atoms with E-state index in [0.29, 0.717) is 12.1 Å². The maximum absolute atomic E-state index is 13.3. The van der Waals surface area contributed by atoms with Gasteiger partial charge in [-0.25, -0.2) is 0 Å². The summed E-state index contributed by atoms with van der Waals surface area (Å²) < 4.78 is 0. The number of anilines is 1. The van der Waals surface area contributed by atoms with E-state index in [2.05, 4.69) is 5.32 Å². The number of nitrogens with zero attached hydrogens (tertiary/aromatic N) is 1. The summed E-state index contributed by atoms with van der Waals surface area (Å²) in [7, 11) is 0. The molecular formula is C25H24N2O2. The Morgan fingerprint density at radius 3 is 2.03 bits per heavy atom. The van der Waals surface area contributed by atoms with Gasteiger partial charge in [0.1, 0.15) is 0 Å². The fraction of sp³-hybridized carbons (Fsp3) is 0.200. The van der Waals surface area contributed by atoms with Gasteiger partial charge in [-0.2, -0.15) is 0 Å². The number of amides is 2. The van der Waals surface area contributed by atoms with Crippen molar-refractivity contribution < 1.29 is 9.59 Å². The molecular weight excluding hydrogens is 360 g/mol. The number of likely N-dealkylation sites (tertiary alicyclic amines) is 1. The largest absolute Gasteiger partial charge is 0.331 e. The molecule has 0 aliphatic carbocycles. The van der Waals surface area contributed by atoms with Crippen LogP contribution in [0.1, 0.15) is 34.8 Å². The molecule has 0 saturated carbocycles. The third-order valence-corrected chi connectivity index (χ3v) is 5.43. The van der Waals surface area contributed by atoms with E-state index in [1.54, 1.807) is 0 Å². The molecule has 1 N–H and O–H groups in total. The first-order valence-corrected chi connectivity index (χ1v) is 10.0. The summed E-state index contributed by atoms with van der Waals surface area (Å²) >= 11 is 0. The molecule has 0 aromatic heterocycles. The lowest BCUT2D eigenvalue weighted by atomic mass is 9.83. The first-order chi connectivity index (χ1) is 14.2. The van der Waals surface area contributed by atoms with Crippen molar-refractivity contribution >= 4 is 17.5 Å². The highest BCUT2D eigenvalue weighted by Crippen LogP contribution is 2.37. The van der Waals surface area contributed by atoms with Gasteiger partial charge in [-0.1, -0.05) is 66.7 Å². The van der Waals surface area contributed by atoms with Gasteiger partial charge >= 0.3 is 0 Å². The quantitative estimate of drug-likeness (QED) is 0.694. The molecule has 4 heteroatoms. The second-order valence-corrected chi connectivity index (χ2v) is 7.32. The molecule has 0 radical (unpaired) electrons. The minimum absolute atomic E-state index is 0.0309. The van der Waals surface area contributed by atoms with Crippen LogP contribution in [0.4, 0.5) is 5.69 Å². The summed E-state index contributed by atoms with van der Waals surface area (Å²) in [6.07, 6.45) is 1.55. The van der Waals surface area contributed by atoms with Gasteiger partial charge in [-0.3, -0.25) is 9.59 Å². The molecule has 1 fully saturated rings. The van der Waals surface area contributed by atoms with Gasteiger partial charge in [-0.15, -0.1) is 0 Å². The highest BCUT2D eigenvalue weighted by atomic mass is 16.2. The maximum Gasteiger partial charge on any atom is 0.254 e. The van der Waals surface area contributed by atoms with Crippen LogP contribution in [-0.4, -0.2) is 23.3 Å². The standard InChI is InChI=1S/C25H24N2O2/c28-24(26-21-15-8-3-9-16-21)22-17-10-18-27(23(22)19-11-4-1-5-12-19)25(29)20-13-6-2-7-14-20/h1-9,11-16,22-23H,10,17-18H2,(H,26,28)/t22?,23-/m0/s1. The molecule has 1 saturated heterocycles. The van der Waals surface area contributed by atoms with Gasteiger partial charge in [-0.05, 0) is 42.7 Å². The average molecular weight is 384 g/mol. The molecule has 3 aromatic carbocycles. The van der Waals surface area contributed by atoms with Crippen LogP contribution in [-0.2, 0) is 4.79 Å². The third-order valence-electron chi connectivity index (χ3n) is 5.43. The predicted molar refractivity (Wildman–Crippen MR) is 114 cm³/mol. The van der Waals surface area contributed by atoms with Crippen molar-refractivity contribution in [2.75, 3.05) is 11.9 Å². The number of carbonyl (C=O) groups excluding carboxylic acids is 2. The van der Waals surface area contributed by atoms with E-state index in [4.69, 9.17) is 0 Å². The van der Waals surface area contributed by atoms with Crippen molar-refractivity contribution in [2.24, 2.45) is 5.92 Å². The zero-order valence-corrected chi connectivity index (χ0v) is 16.2. The van der Waals surface area contributed by atoms with Crippen LogP contribution >= 0.6 is 0 Å². The summed E-state index contributed by atoms with van der Waals surface area (Å²) in [6, 6.07) is 28.4. The van der Waals surface area contributed by atoms with Gasteiger partial charge in [0.05, 0.1) is 12.0 Å². The molecule has 0 spiro atoms. The zero-order valence-electron chi connectivity index (χ0n) is 16.2. The number of piperidine rings is 1. The van der Waals surface area contributed by atoms with Gasteiger partial charge in [0.15, 0.2) is 0 Å². The summed E-state index contributed by atoms with van der Waals surface area (Å²) in [5.41, 5.74) is 2.41. The van der Waals surface area contributed by atoms with Crippen LogP contribution in [0.25, 0.3) is 0 Å². The normalized spacial score (nSPS) is 18.8. The number of para-hydroxylation sites is 1. The van der Waals surface area contributed by atoms with Crippen LogP contribution in [0.5, 0.6) is 0 Å². The molecule has 4 rings (SSSR count). The van der Waals surface area contributed by atoms with E-state index < -0.39 is 0 Å². The second kappa shape index (κ2) is 8.74. The molecule has 2 atom stereocenters. The zero-order chi connectivity index (χ0) is 20.1. The number of carbonyl (C=O) groups is 2. The van der Waals surface area contributed by atoms with Gasteiger partial charge in [0.2, 0.25) is 5.91 Å². The first-order valence-electron chi connectivity index (χ1n) is 10.0. The molecule has 0 bridgehead atoms. The summed E-state index contributed by atoms with van der Waals surface area (Å²) in [5.74, 6) is -0.383. The van der Waals surface area contributed by atoms with E-state index in [1.165, 1.54) is 0 Å². The molecule has 4 nitrogen and oxygen atoms in total. The van der Waals surface area contributed by atoms with Crippen LogP contribution in [0, 0.1) is 5.92 Å². The molecule has 1 aliphatic heterocycles. The average Bonchev–Trinajstić information content (AvgIpc) is 2.80. The van der Waals surface area contributed by atoms with E-state index in [1.807, 2.05) is 95.9 Å². The Hall–Kier alpha value is -3.40. The maximum atomic E-state index is 13.3. The monoisotopic (exact) mass is 384 g/mol.